The zero-order chi connectivity index (χ0) is 10.9. The topological polar surface area (TPSA) is 12.0 Å². The lowest BCUT2D eigenvalue weighted by Crippen LogP contribution is -2.15. The lowest BCUT2D eigenvalue weighted by Gasteiger charge is -2.08. The van der Waals surface area contributed by atoms with Gasteiger partial charge in [-0.15, -0.1) is 0 Å². The first kappa shape index (κ1) is 12.0. The highest BCUT2D eigenvalue weighted by molar-refractivity contribution is 5.26. The Morgan fingerprint density at radius 2 is 1.93 bits per heavy atom. The maximum absolute atomic E-state index is 3.46. The second kappa shape index (κ2) is 7.24. The Bertz CT molecular complexity index is 302. The van der Waals surface area contributed by atoms with E-state index in [0.29, 0.717) is 0 Å². The molecule has 0 amide bonds. The third-order valence-electron chi connectivity index (χ3n) is 2.54. The summed E-state index contributed by atoms with van der Waals surface area (Å²) in [7, 11) is 0. The van der Waals surface area contributed by atoms with Crippen LogP contribution in [0.5, 0.6) is 0 Å². The molecule has 0 atom stereocenters. The van der Waals surface area contributed by atoms with Crippen molar-refractivity contribution in [2.24, 2.45) is 0 Å². The van der Waals surface area contributed by atoms with E-state index in [4.69, 9.17) is 0 Å². The maximum atomic E-state index is 3.46. The first-order valence-electron chi connectivity index (χ1n) is 5.77. The second-order valence-electron chi connectivity index (χ2n) is 3.66. The van der Waals surface area contributed by atoms with Gasteiger partial charge in [0.1, 0.15) is 0 Å². The minimum Gasteiger partial charge on any atom is -0.312 e. The fourth-order valence-electron chi connectivity index (χ4n) is 1.65. The van der Waals surface area contributed by atoms with Gasteiger partial charge in [0.2, 0.25) is 0 Å². The second-order valence-corrected chi connectivity index (χ2v) is 3.66. The average molecular weight is 203 g/mol. The molecule has 0 radical (unpaired) electrons. The fourth-order valence-corrected chi connectivity index (χ4v) is 1.65. The summed E-state index contributed by atoms with van der Waals surface area (Å²) >= 11 is 0. The Hall–Kier alpha value is -1.08. The Balaban J connectivity index is 2.36. The first-order chi connectivity index (χ1) is 7.38. The third-order valence-corrected chi connectivity index (χ3v) is 2.54. The summed E-state index contributed by atoms with van der Waals surface area (Å²) in [4.78, 5) is 0. The van der Waals surface area contributed by atoms with Crippen molar-refractivity contribution in [3.8, 4) is 0 Å². The normalized spacial score (nSPS) is 11.1. The van der Waals surface area contributed by atoms with E-state index in [2.05, 4.69) is 55.6 Å². The number of nitrogens with one attached hydrogen (secondary N) is 1. The van der Waals surface area contributed by atoms with Gasteiger partial charge in [0.05, 0.1) is 0 Å². The van der Waals surface area contributed by atoms with E-state index in [1.54, 1.807) is 0 Å². The summed E-state index contributed by atoms with van der Waals surface area (Å²) in [5.41, 5.74) is 2.89. The third kappa shape index (κ3) is 4.30. The van der Waals surface area contributed by atoms with Gasteiger partial charge in [0.15, 0.2) is 0 Å². The van der Waals surface area contributed by atoms with Crippen LogP contribution in [0, 0.1) is 0 Å². The lowest BCUT2D eigenvalue weighted by molar-refractivity contribution is 0.690. The average Bonchev–Trinajstić information content (AvgIpc) is 2.29. The van der Waals surface area contributed by atoms with E-state index in [1.807, 2.05) is 0 Å². The van der Waals surface area contributed by atoms with Gasteiger partial charge >= 0.3 is 0 Å². The summed E-state index contributed by atoms with van der Waals surface area (Å²) < 4.78 is 0. The van der Waals surface area contributed by atoms with Gasteiger partial charge in [-0.25, -0.2) is 0 Å². The van der Waals surface area contributed by atoms with Crippen LogP contribution in [0.4, 0.5) is 0 Å². The van der Waals surface area contributed by atoms with E-state index in [9.17, 15) is 0 Å². The van der Waals surface area contributed by atoms with Gasteiger partial charge < -0.3 is 5.32 Å². The molecule has 1 nitrogen and oxygen atoms in total. The number of allylic oxidation sites excluding steroid dienone is 1. The minimum absolute atomic E-state index is 0.988. The zero-order valence-corrected chi connectivity index (χ0v) is 9.79. The Kier molecular flexibility index (Phi) is 5.79. The molecule has 1 rings (SSSR count). The van der Waals surface area contributed by atoms with Crippen LogP contribution in [0.15, 0.2) is 36.4 Å². The van der Waals surface area contributed by atoms with Crippen LogP contribution in [0.3, 0.4) is 0 Å². The highest BCUT2D eigenvalue weighted by Gasteiger charge is 1.97. The molecule has 0 aliphatic rings. The molecule has 0 aromatic heterocycles. The van der Waals surface area contributed by atoms with Crippen molar-refractivity contribution in [1.82, 2.24) is 5.32 Å². The van der Waals surface area contributed by atoms with Crippen molar-refractivity contribution < 1.29 is 0 Å². The largest absolute Gasteiger partial charge is 0.312 e. The van der Waals surface area contributed by atoms with Crippen molar-refractivity contribution in [2.75, 3.05) is 6.54 Å². The molecule has 0 spiro atoms. The molecule has 0 aliphatic carbocycles. The molecule has 0 fully saturated rings. The summed E-state index contributed by atoms with van der Waals surface area (Å²) in [6, 6.07) is 8.65. The molecule has 1 N–H and O–H groups in total. The predicted molar refractivity (Wildman–Crippen MR) is 67.0 cm³/mol. The SMILES string of the molecule is C/C=C/CCNCc1ccccc1CC. The van der Waals surface area contributed by atoms with Crippen LogP contribution in [0.1, 0.15) is 31.4 Å². The van der Waals surface area contributed by atoms with Gasteiger partial charge in [0, 0.05) is 6.54 Å². The van der Waals surface area contributed by atoms with Crippen molar-refractivity contribution in [3.05, 3.63) is 47.5 Å². The van der Waals surface area contributed by atoms with Gasteiger partial charge in [-0.05, 0) is 37.4 Å². The van der Waals surface area contributed by atoms with Crippen molar-refractivity contribution in [1.29, 1.82) is 0 Å². The molecule has 1 heteroatoms. The van der Waals surface area contributed by atoms with Crippen LogP contribution >= 0.6 is 0 Å². The fraction of sp³-hybridized carbons (Fsp3) is 0.429. The number of aryl methyl sites for hydroxylation is 1. The quantitative estimate of drug-likeness (QED) is 0.552. The molecule has 82 valence electrons. The number of benzene rings is 1. The van der Waals surface area contributed by atoms with Gasteiger partial charge in [-0.1, -0.05) is 43.3 Å². The van der Waals surface area contributed by atoms with Crippen LogP contribution < -0.4 is 5.32 Å². The highest BCUT2D eigenvalue weighted by Crippen LogP contribution is 2.08. The molecule has 0 saturated heterocycles. The number of hydrogen-bond acceptors (Lipinski definition) is 1. The maximum Gasteiger partial charge on any atom is 0.0208 e. The van der Waals surface area contributed by atoms with E-state index in [0.717, 1.165) is 25.9 Å². The van der Waals surface area contributed by atoms with Crippen molar-refractivity contribution in [2.45, 2.75) is 33.2 Å². The smallest absolute Gasteiger partial charge is 0.0208 e. The molecule has 0 unspecified atom stereocenters. The van der Waals surface area contributed by atoms with Crippen LogP contribution in [-0.2, 0) is 13.0 Å². The number of hydrogen-bond donors (Lipinski definition) is 1. The molecule has 0 heterocycles. The summed E-state index contributed by atoms with van der Waals surface area (Å²) in [5.74, 6) is 0. The standard InChI is InChI=1S/C14H21N/c1-3-5-8-11-15-12-14-10-7-6-9-13(14)4-2/h3,5-7,9-10,15H,4,8,11-12H2,1-2H3/b5-3+. The van der Waals surface area contributed by atoms with Crippen molar-refractivity contribution in [3.63, 3.8) is 0 Å². The van der Waals surface area contributed by atoms with E-state index < -0.39 is 0 Å². The molecule has 1 aromatic carbocycles. The molecule has 0 saturated carbocycles. The highest BCUT2D eigenvalue weighted by atomic mass is 14.8. The van der Waals surface area contributed by atoms with Gasteiger partial charge in [-0.2, -0.15) is 0 Å². The predicted octanol–water partition coefficient (Wildman–Crippen LogP) is 3.30. The number of rotatable bonds is 6. The molecule has 0 aliphatic heterocycles. The van der Waals surface area contributed by atoms with Crippen LogP contribution in [0.25, 0.3) is 0 Å². The monoisotopic (exact) mass is 203 g/mol. The molecular formula is C14H21N. The Morgan fingerprint density at radius 1 is 1.20 bits per heavy atom. The molecule has 1 aromatic rings. The van der Waals surface area contributed by atoms with E-state index >= 15 is 0 Å². The van der Waals surface area contributed by atoms with Crippen molar-refractivity contribution >= 4 is 0 Å². The first-order valence-corrected chi connectivity index (χ1v) is 5.77. The molecule has 15 heavy (non-hydrogen) atoms. The summed E-state index contributed by atoms with van der Waals surface area (Å²) in [5, 5.41) is 3.46. The summed E-state index contributed by atoms with van der Waals surface area (Å²) in [6.07, 6.45) is 6.53. The van der Waals surface area contributed by atoms with Crippen LogP contribution in [-0.4, -0.2) is 6.54 Å². The van der Waals surface area contributed by atoms with Crippen LogP contribution in [0.2, 0.25) is 0 Å². The molecular weight excluding hydrogens is 182 g/mol. The zero-order valence-electron chi connectivity index (χ0n) is 9.79. The Labute approximate surface area is 93.2 Å². The minimum atomic E-state index is 0.988. The van der Waals surface area contributed by atoms with Gasteiger partial charge in [0.25, 0.3) is 0 Å². The van der Waals surface area contributed by atoms with E-state index in [1.165, 1.54) is 11.1 Å². The summed E-state index contributed by atoms with van der Waals surface area (Å²) in [6.45, 7) is 6.31. The molecule has 0 bridgehead atoms. The van der Waals surface area contributed by atoms with E-state index in [-0.39, 0.29) is 0 Å². The Morgan fingerprint density at radius 3 is 2.60 bits per heavy atom. The lowest BCUT2D eigenvalue weighted by atomic mass is 10.1. The van der Waals surface area contributed by atoms with Gasteiger partial charge in [-0.3, -0.25) is 0 Å².